The maximum Gasteiger partial charge on any atom is 0.254 e. The number of rotatable bonds is 1. The third kappa shape index (κ3) is 2.32. The fourth-order valence-corrected chi connectivity index (χ4v) is 4.30. The Hall–Kier alpha value is -2.24. The van der Waals surface area contributed by atoms with E-state index in [2.05, 4.69) is 14.9 Å². The van der Waals surface area contributed by atoms with Crippen LogP contribution >= 0.6 is 0 Å². The first-order chi connectivity index (χ1) is 11.5. The van der Waals surface area contributed by atoms with Crippen LogP contribution in [-0.2, 0) is 11.8 Å². The zero-order chi connectivity index (χ0) is 16.9. The van der Waals surface area contributed by atoms with Crippen molar-refractivity contribution in [1.29, 1.82) is 0 Å². The van der Waals surface area contributed by atoms with E-state index in [0.29, 0.717) is 5.82 Å². The van der Waals surface area contributed by atoms with Crippen molar-refractivity contribution in [3.05, 3.63) is 45.0 Å². The molecule has 0 radical (unpaired) electrons. The number of nitrogens with one attached hydrogen (secondary N) is 1. The summed E-state index contributed by atoms with van der Waals surface area (Å²) in [5.74, 6) is 1.69. The second-order valence-corrected chi connectivity index (χ2v) is 7.20. The van der Waals surface area contributed by atoms with Gasteiger partial charge in [0.25, 0.3) is 5.56 Å². The maximum absolute atomic E-state index is 12.3. The summed E-state index contributed by atoms with van der Waals surface area (Å²) < 4.78 is 0. The van der Waals surface area contributed by atoms with E-state index in [4.69, 9.17) is 9.97 Å². The van der Waals surface area contributed by atoms with E-state index >= 15 is 0 Å². The smallest absolute Gasteiger partial charge is 0.254 e. The van der Waals surface area contributed by atoms with Crippen LogP contribution in [0, 0.1) is 20.8 Å². The molecule has 3 heterocycles. The monoisotopic (exact) mass is 325 g/mol. The van der Waals surface area contributed by atoms with Gasteiger partial charge in [0.1, 0.15) is 11.6 Å². The Labute approximate surface area is 141 Å². The molecule has 1 spiro atoms. The minimum absolute atomic E-state index is 0.0233. The number of fused-ring (bicyclic) bond motifs is 2. The number of piperidine rings is 1. The van der Waals surface area contributed by atoms with E-state index in [9.17, 15) is 4.79 Å². The van der Waals surface area contributed by atoms with Crippen LogP contribution in [0.4, 0.5) is 5.82 Å². The third-order valence-electron chi connectivity index (χ3n) is 5.42. The van der Waals surface area contributed by atoms with E-state index in [1.165, 1.54) is 0 Å². The van der Waals surface area contributed by atoms with Gasteiger partial charge in [-0.1, -0.05) is 0 Å². The molecule has 6 nitrogen and oxygen atoms in total. The van der Waals surface area contributed by atoms with Crippen LogP contribution in [-0.4, -0.2) is 33.0 Å². The highest BCUT2D eigenvalue weighted by molar-refractivity contribution is 5.47. The zero-order valence-corrected chi connectivity index (χ0v) is 14.5. The van der Waals surface area contributed by atoms with Crippen molar-refractivity contribution in [2.24, 2.45) is 0 Å². The number of aromatic nitrogens is 4. The van der Waals surface area contributed by atoms with Crippen molar-refractivity contribution in [3.63, 3.8) is 0 Å². The lowest BCUT2D eigenvalue weighted by Crippen LogP contribution is -2.46. The lowest BCUT2D eigenvalue weighted by molar-refractivity contribution is 0.332. The number of hydrogen-bond donors (Lipinski definition) is 1. The molecule has 4 rings (SSSR count). The summed E-state index contributed by atoms with van der Waals surface area (Å²) in [6.45, 7) is 7.71. The molecule has 1 fully saturated rings. The Balaban J connectivity index is 1.75. The summed E-state index contributed by atoms with van der Waals surface area (Å²) >= 11 is 0. The summed E-state index contributed by atoms with van der Waals surface area (Å²) in [6, 6.07) is 0. The second kappa shape index (κ2) is 5.40. The Kier molecular flexibility index (Phi) is 3.44. The van der Waals surface area contributed by atoms with Gasteiger partial charge < -0.3 is 9.88 Å². The van der Waals surface area contributed by atoms with Crippen molar-refractivity contribution < 1.29 is 0 Å². The Morgan fingerprint density at radius 2 is 2.04 bits per heavy atom. The van der Waals surface area contributed by atoms with Gasteiger partial charge in [-0.05, 0) is 46.5 Å². The molecule has 0 bridgehead atoms. The topological polar surface area (TPSA) is 74.8 Å². The number of hydrogen-bond acceptors (Lipinski definition) is 5. The molecule has 2 aliphatic rings. The fraction of sp³-hybridized carbons (Fsp3) is 0.556. The minimum Gasteiger partial charge on any atom is -0.354 e. The number of anilines is 1. The van der Waals surface area contributed by atoms with Crippen LogP contribution in [0.25, 0.3) is 0 Å². The summed E-state index contributed by atoms with van der Waals surface area (Å²) in [5, 5.41) is 0. The Morgan fingerprint density at radius 3 is 2.88 bits per heavy atom. The highest BCUT2D eigenvalue weighted by Gasteiger charge is 2.45. The van der Waals surface area contributed by atoms with E-state index in [1.807, 2.05) is 27.0 Å². The second-order valence-electron chi connectivity index (χ2n) is 7.20. The standard InChI is InChI=1S/C18H23N5O/c1-11-9-19-12(2)16(20-11)23-8-4-6-18(10-23)7-5-14-15(18)21-13(3)22-17(14)24/h9H,4-8,10H2,1-3H3,(H,21,22,24). The van der Waals surface area contributed by atoms with E-state index < -0.39 is 0 Å². The molecule has 2 aromatic heterocycles. The van der Waals surface area contributed by atoms with Crippen molar-refractivity contribution >= 4 is 5.82 Å². The number of aryl methyl sites for hydroxylation is 3. The molecule has 2 aromatic rings. The summed E-state index contributed by atoms with van der Waals surface area (Å²) in [6.07, 6.45) is 5.81. The average Bonchev–Trinajstić information content (AvgIpc) is 2.88. The predicted octanol–water partition coefficient (Wildman–Crippen LogP) is 1.97. The zero-order valence-electron chi connectivity index (χ0n) is 14.5. The van der Waals surface area contributed by atoms with Gasteiger partial charge in [-0.15, -0.1) is 0 Å². The molecular formula is C18H23N5O. The highest BCUT2D eigenvalue weighted by atomic mass is 16.1. The van der Waals surface area contributed by atoms with Gasteiger partial charge in [-0.2, -0.15) is 0 Å². The molecule has 0 aromatic carbocycles. The van der Waals surface area contributed by atoms with E-state index in [0.717, 1.165) is 67.2 Å². The number of aromatic amines is 1. The molecule has 1 saturated heterocycles. The van der Waals surface area contributed by atoms with Gasteiger partial charge in [0.2, 0.25) is 0 Å². The fourth-order valence-electron chi connectivity index (χ4n) is 4.30. The van der Waals surface area contributed by atoms with Gasteiger partial charge in [0.15, 0.2) is 0 Å². The largest absolute Gasteiger partial charge is 0.354 e. The van der Waals surface area contributed by atoms with E-state index in [1.54, 1.807) is 0 Å². The van der Waals surface area contributed by atoms with Crippen molar-refractivity contribution in [3.8, 4) is 0 Å². The van der Waals surface area contributed by atoms with Gasteiger partial charge >= 0.3 is 0 Å². The molecule has 1 unspecified atom stereocenters. The van der Waals surface area contributed by atoms with Crippen LogP contribution in [0.15, 0.2) is 11.0 Å². The molecule has 0 saturated carbocycles. The molecule has 1 aliphatic heterocycles. The van der Waals surface area contributed by atoms with Crippen molar-refractivity contribution in [2.45, 2.75) is 51.9 Å². The van der Waals surface area contributed by atoms with Crippen LogP contribution in [0.1, 0.15) is 47.7 Å². The average molecular weight is 325 g/mol. The predicted molar refractivity (Wildman–Crippen MR) is 92.5 cm³/mol. The highest BCUT2D eigenvalue weighted by Crippen LogP contribution is 2.43. The normalized spacial score (nSPS) is 22.9. The first kappa shape index (κ1) is 15.3. The molecule has 0 amide bonds. The summed E-state index contributed by atoms with van der Waals surface area (Å²) in [4.78, 5) is 31.4. The third-order valence-corrected chi connectivity index (χ3v) is 5.42. The Bertz CT molecular complexity index is 859. The minimum atomic E-state index is -0.0233. The summed E-state index contributed by atoms with van der Waals surface area (Å²) in [7, 11) is 0. The Morgan fingerprint density at radius 1 is 1.21 bits per heavy atom. The van der Waals surface area contributed by atoms with Crippen molar-refractivity contribution in [1.82, 2.24) is 19.9 Å². The van der Waals surface area contributed by atoms with Gasteiger partial charge in [-0.25, -0.2) is 9.97 Å². The van der Waals surface area contributed by atoms with E-state index in [-0.39, 0.29) is 11.0 Å². The van der Waals surface area contributed by atoms with Crippen LogP contribution < -0.4 is 10.5 Å². The molecule has 1 N–H and O–H groups in total. The SMILES string of the molecule is Cc1cnc(C)c(N2CCCC3(CCc4c3nc(C)[nH]c4=O)C2)n1. The molecule has 24 heavy (non-hydrogen) atoms. The molecule has 6 heteroatoms. The van der Waals surface area contributed by atoms with Crippen molar-refractivity contribution in [2.75, 3.05) is 18.0 Å². The first-order valence-electron chi connectivity index (χ1n) is 8.64. The van der Waals surface area contributed by atoms with Crippen LogP contribution in [0.3, 0.4) is 0 Å². The molecule has 1 atom stereocenters. The van der Waals surface area contributed by atoms with Gasteiger partial charge in [0, 0.05) is 30.3 Å². The van der Waals surface area contributed by atoms with Gasteiger partial charge in [-0.3, -0.25) is 9.78 Å². The molecule has 1 aliphatic carbocycles. The first-order valence-corrected chi connectivity index (χ1v) is 8.64. The van der Waals surface area contributed by atoms with Crippen LogP contribution in [0.2, 0.25) is 0 Å². The molecular weight excluding hydrogens is 302 g/mol. The lowest BCUT2D eigenvalue weighted by atomic mass is 9.77. The lowest BCUT2D eigenvalue weighted by Gasteiger charge is -2.41. The maximum atomic E-state index is 12.3. The number of nitrogens with zero attached hydrogens (tertiary/aromatic N) is 4. The summed E-state index contributed by atoms with van der Waals surface area (Å²) in [5.41, 5.74) is 3.82. The van der Waals surface area contributed by atoms with Crippen LogP contribution in [0.5, 0.6) is 0 Å². The van der Waals surface area contributed by atoms with Gasteiger partial charge in [0.05, 0.1) is 17.1 Å². The molecule has 126 valence electrons. The number of H-pyrrole nitrogens is 1. The quantitative estimate of drug-likeness (QED) is 0.867.